The third kappa shape index (κ3) is 4.37. The van der Waals surface area contributed by atoms with Gasteiger partial charge in [0.1, 0.15) is 12.4 Å². The second-order valence-electron chi connectivity index (χ2n) is 4.54. The van der Waals surface area contributed by atoms with E-state index in [0.29, 0.717) is 12.5 Å². The molecule has 2 N–H and O–H groups in total. The van der Waals surface area contributed by atoms with Crippen molar-refractivity contribution in [1.29, 1.82) is 0 Å². The zero-order valence-electron chi connectivity index (χ0n) is 11.2. The predicted octanol–water partition coefficient (Wildman–Crippen LogP) is 2.08. The van der Waals surface area contributed by atoms with Gasteiger partial charge in [0.05, 0.1) is 13.5 Å². The van der Waals surface area contributed by atoms with Gasteiger partial charge in [-0.15, -0.1) is 0 Å². The zero-order valence-corrected chi connectivity index (χ0v) is 11.2. The van der Waals surface area contributed by atoms with Crippen LogP contribution >= 0.6 is 0 Å². The molecular weight excluding hydrogens is 230 g/mol. The highest BCUT2D eigenvalue weighted by Crippen LogP contribution is 2.25. The molecule has 1 aromatic rings. The molecule has 18 heavy (non-hydrogen) atoms. The van der Waals surface area contributed by atoms with Crippen LogP contribution in [-0.2, 0) is 9.53 Å². The van der Waals surface area contributed by atoms with Crippen molar-refractivity contribution in [1.82, 2.24) is 0 Å². The van der Waals surface area contributed by atoms with Gasteiger partial charge in [-0.25, -0.2) is 0 Å². The van der Waals surface area contributed by atoms with E-state index in [1.165, 1.54) is 7.11 Å². The number of carbonyl (C=O) groups is 1. The Morgan fingerprint density at radius 1 is 1.33 bits per heavy atom. The Labute approximate surface area is 108 Å². The van der Waals surface area contributed by atoms with Crippen molar-refractivity contribution in [2.24, 2.45) is 5.73 Å². The lowest BCUT2D eigenvalue weighted by Gasteiger charge is -2.16. The lowest BCUT2D eigenvalue weighted by molar-refractivity contribution is -0.141. The van der Waals surface area contributed by atoms with E-state index >= 15 is 0 Å². The van der Waals surface area contributed by atoms with E-state index < -0.39 is 0 Å². The lowest BCUT2D eigenvalue weighted by Crippen LogP contribution is -2.31. The molecule has 1 atom stereocenters. The molecule has 0 aliphatic rings. The summed E-state index contributed by atoms with van der Waals surface area (Å²) in [5.41, 5.74) is 6.94. The van der Waals surface area contributed by atoms with Gasteiger partial charge in [-0.1, -0.05) is 32.0 Å². The van der Waals surface area contributed by atoms with Crippen LogP contribution < -0.4 is 10.5 Å². The molecule has 4 nitrogen and oxygen atoms in total. The Bertz CT molecular complexity index is 390. The van der Waals surface area contributed by atoms with Crippen molar-refractivity contribution in [3.05, 3.63) is 29.8 Å². The molecule has 1 unspecified atom stereocenters. The number of benzene rings is 1. The molecule has 100 valence electrons. The molecule has 0 radical (unpaired) electrons. The van der Waals surface area contributed by atoms with Crippen molar-refractivity contribution in [3.63, 3.8) is 0 Å². The maximum Gasteiger partial charge on any atom is 0.307 e. The fourth-order valence-corrected chi connectivity index (χ4v) is 1.64. The maximum atomic E-state index is 11.1. The first kappa shape index (κ1) is 14.5. The topological polar surface area (TPSA) is 61.5 Å². The van der Waals surface area contributed by atoms with Crippen molar-refractivity contribution in [2.45, 2.75) is 32.2 Å². The fourth-order valence-electron chi connectivity index (χ4n) is 1.64. The molecule has 0 aliphatic heterocycles. The highest BCUT2D eigenvalue weighted by Gasteiger charge is 2.12. The van der Waals surface area contributed by atoms with Gasteiger partial charge < -0.3 is 15.2 Å². The summed E-state index contributed by atoms with van der Waals surface area (Å²) in [6, 6.07) is 7.51. The molecule has 0 saturated carbocycles. The third-order valence-corrected chi connectivity index (χ3v) is 2.65. The average Bonchev–Trinajstić information content (AvgIpc) is 2.36. The molecule has 0 heterocycles. The summed E-state index contributed by atoms with van der Waals surface area (Å²) in [5, 5.41) is 0. The second kappa shape index (κ2) is 7.01. The molecule has 0 aliphatic carbocycles. The summed E-state index contributed by atoms with van der Waals surface area (Å²) in [6.45, 7) is 4.52. The summed E-state index contributed by atoms with van der Waals surface area (Å²) >= 11 is 0. The van der Waals surface area contributed by atoms with Gasteiger partial charge in [0.15, 0.2) is 0 Å². The molecule has 0 saturated heterocycles. The molecule has 0 spiro atoms. The van der Waals surface area contributed by atoms with E-state index in [1.54, 1.807) is 0 Å². The summed E-state index contributed by atoms with van der Waals surface area (Å²) in [7, 11) is 1.35. The fraction of sp³-hybridized carbons (Fsp3) is 0.500. The molecule has 0 fully saturated rings. The van der Waals surface area contributed by atoms with E-state index in [2.05, 4.69) is 18.6 Å². The number of methoxy groups -OCH3 is 1. The number of ether oxygens (including phenoxy) is 2. The summed E-state index contributed by atoms with van der Waals surface area (Å²) in [4.78, 5) is 11.1. The minimum atomic E-state index is -0.349. The molecule has 0 amide bonds. The van der Waals surface area contributed by atoms with Crippen LogP contribution in [0.1, 0.15) is 31.7 Å². The number of para-hydroxylation sites is 1. The number of nitrogens with two attached hydrogens (primary N) is 1. The monoisotopic (exact) mass is 251 g/mol. The van der Waals surface area contributed by atoms with Gasteiger partial charge in [0.25, 0.3) is 0 Å². The van der Waals surface area contributed by atoms with Crippen LogP contribution in [0.25, 0.3) is 0 Å². The van der Waals surface area contributed by atoms with Gasteiger partial charge in [-0.3, -0.25) is 4.79 Å². The van der Waals surface area contributed by atoms with Crippen LogP contribution in [0, 0.1) is 0 Å². The molecule has 4 heteroatoms. The van der Waals surface area contributed by atoms with Crippen molar-refractivity contribution in [2.75, 3.05) is 13.7 Å². The van der Waals surface area contributed by atoms with Crippen molar-refractivity contribution < 1.29 is 14.3 Å². The smallest absolute Gasteiger partial charge is 0.307 e. The summed E-state index contributed by atoms with van der Waals surface area (Å²) in [6.07, 6.45) is 0.167. The van der Waals surface area contributed by atoms with Crippen LogP contribution in [0.15, 0.2) is 24.3 Å². The Balaban J connectivity index is 2.55. The average molecular weight is 251 g/mol. The predicted molar refractivity (Wildman–Crippen MR) is 70.6 cm³/mol. The van der Waals surface area contributed by atoms with Crippen LogP contribution in [0.3, 0.4) is 0 Å². The van der Waals surface area contributed by atoms with E-state index in [4.69, 9.17) is 10.5 Å². The Kier molecular flexibility index (Phi) is 5.65. The van der Waals surface area contributed by atoms with Gasteiger partial charge in [-0.05, 0) is 17.5 Å². The van der Waals surface area contributed by atoms with Crippen LogP contribution in [0.5, 0.6) is 5.75 Å². The Morgan fingerprint density at radius 3 is 2.61 bits per heavy atom. The number of rotatable bonds is 6. The number of hydrogen-bond donors (Lipinski definition) is 1. The van der Waals surface area contributed by atoms with Gasteiger partial charge >= 0.3 is 5.97 Å². The van der Waals surface area contributed by atoms with Crippen LogP contribution in [0.4, 0.5) is 0 Å². The molecule has 1 aromatic carbocycles. The summed E-state index contributed by atoms with van der Waals surface area (Å²) in [5.74, 6) is 0.897. The second-order valence-corrected chi connectivity index (χ2v) is 4.54. The minimum absolute atomic E-state index is 0.167. The van der Waals surface area contributed by atoms with E-state index in [9.17, 15) is 4.79 Å². The Hall–Kier alpha value is -1.55. The first-order valence-corrected chi connectivity index (χ1v) is 6.08. The quantitative estimate of drug-likeness (QED) is 0.786. The molecule has 1 rings (SSSR count). The summed E-state index contributed by atoms with van der Waals surface area (Å²) < 4.78 is 10.2. The molecule has 0 bridgehead atoms. The van der Waals surface area contributed by atoms with Crippen molar-refractivity contribution in [3.8, 4) is 5.75 Å². The van der Waals surface area contributed by atoms with Gasteiger partial charge in [0.2, 0.25) is 0 Å². The standard InChI is InChI=1S/C14H21NO3/c1-10(2)12-6-4-5-7-13(12)18-9-11(15)8-14(16)17-3/h4-7,10-11H,8-9,15H2,1-3H3. The molecule has 0 aromatic heterocycles. The van der Waals surface area contributed by atoms with E-state index in [-0.39, 0.29) is 18.4 Å². The zero-order chi connectivity index (χ0) is 13.5. The minimum Gasteiger partial charge on any atom is -0.492 e. The third-order valence-electron chi connectivity index (χ3n) is 2.65. The normalized spacial score (nSPS) is 12.3. The van der Waals surface area contributed by atoms with E-state index in [1.807, 2.05) is 24.3 Å². The highest BCUT2D eigenvalue weighted by molar-refractivity contribution is 5.69. The van der Waals surface area contributed by atoms with Crippen LogP contribution in [-0.4, -0.2) is 25.7 Å². The first-order chi connectivity index (χ1) is 8.54. The number of esters is 1. The number of hydrogen-bond acceptors (Lipinski definition) is 4. The molecular formula is C14H21NO3. The Morgan fingerprint density at radius 2 is 2.00 bits per heavy atom. The van der Waals surface area contributed by atoms with Gasteiger partial charge in [-0.2, -0.15) is 0 Å². The lowest BCUT2D eigenvalue weighted by atomic mass is 10.0. The maximum absolute atomic E-state index is 11.1. The highest BCUT2D eigenvalue weighted by atomic mass is 16.5. The largest absolute Gasteiger partial charge is 0.492 e. The SMILES string of the molecule is COC(=O)CC(N)COc1ccccc1C(C)C. The number of carbonyl (C=O) groups excluding carboxylic acids is 1. The first-order valence-electron chi connectivity index (χ1n) is 6.08. The van der Waals surface area contributed by atoms with E-state index in [0.717, 1.165) is 11.3 Å². The van der Waals surface area contributed by atoms with Gasteiger partial charge in [0, 0.05) is 6.04 Å². The van der Waals surface area contributed by atoms with Crippen LogP contribution in [0.2, 0.25) is 0 Å². The van der Waals surface area contributed by atoms with Crippen molar-refractivity contribution >= 4 is 5.97 Å².